The second-order valence-corrected chi connectivity index (χ2v) is 6.73. The van der Waals surface area contributed by atoms with Gasteiger partial charge in [0.05, 0.1) is 0 Å². The third kappa shape index (κ3) is 4.45. The van der Waals surface area contributed by atoms with Crippen LogP contribution in [0.5, 0.6) is 0 Å². The van der Waals surface area contributed by atoms with E-state index in [1.165, 1.54) is 31.5 Å². The van der Waals surface area contributed by atoms with E-state index in [-0.39, 0.29) is 5.91 Å². The quantitative estimate of drug-likeness (QED) is 0.908. The summed E-state index contributed by atoms with van der Waals surface area (Å²) in [4.78, 5) is 14.6. The molecule has 0 aliphatic carbocycles. The van der Waals surface area contributed by atoms with Gasteiger partial charge in [0.15, 0.2) is 0 Å². The van der Waals surface area contributed by atoms with Gasteiger partial charge >= 0.3 is 0 Å². The Morgan fingerprint density at radius 1 is 1.00 bits per heavy atom. The van der Waals surface area contributed by atoms with Crippen molar-refractivity contribution >= 4 is 5.91 Å². The van der Waals surface area contributed by atoms with Gasteiger partial charge in [-0.2, -0.15) is 0 Å². The van der Waals surface area contributed by atoms with E-state index in [0.717, 1.165) is 30.0 Å². The first-order valence-electron chi connectivity index (χ1n) is 8.84. The fourth-order valence-corrected chi connectivity index (χ4v) is 3.29. The van der Waals surface area contributed by atoms with Crippen LogP contribution in [-0.2, 0) is 0 Å². The lowest BCUT2D eigenvalue weighted by molar-refractivity contribution is 0.0949. The Morgan fingerprint density at radius 2 is 1.62 bits per heavy atom. The first kappa shape index (κ1) is 16.7. The Bertz CT molecular complexity index is 643. The molecule has 2 aromatic carbocycles. The number of carbonyl (C=O) groups excluding carboxylic acids is 1. The van der Waals surface area contributed by atoms with Crippen LogP contribution in [-0.4, -0.2) is 37.5 Å². The van der Waals surface area contributed by atoms with Gasteiger partial charge in [0, 0.05) is 12.1 Å². The highest BCUT2D eigenvalue weighted by atomic mass is 16.1. The predicted octanol–water partition coefficient (Wildman–Crippen LogP) is 3.82. The number of amides is 1. The number of nitrogens with zero attached hydrogens (tertiary/aromatic N) is 1. The number of rotatable bonds is 5. The number of nitrogens with one attached hydrogen (secondary N) is 1. The maximum atomic E-state index is 12.3. The molecule has 1 fully saturated rings. The summed E-state index contributed by atoms with van der Waals surface area (Å²) in [7, 11) is 2.18. The van der Waals surface area contributed by atoms with E-state index in [2.05, 4.69) is 29.4 Å². The van der Waals surface area contributed by atoms with Crippen molar-refractivity contribution in [2.24, 2.45) is 5.92 Å². The zero-order valence-corrected chi connectivity index (χ0v) is 14.4. The van der Waals surface area contributed by atoms with Gasteiger partial charge in [-0.25, -0.2) is 0 Å². The molecule has 2 aromatic rings. The minimum absolute atomic E-state index is 0.0301. The summed E-state index contributed by atoms with van der Waals surface area (Å²) in [5.41, 5.74) is 3.04. The number of piperidine rings is 1. The fraction of sp³-hybridized carbons (Fsp3) is 0.381. The van der Waals surface area contributed by atoms with Crippen LogP contribution in [0, 0.1) is 5.92 Å². The van der Waals surface area contributed by atoms with Crippen LogP contribution < -0.4 is 5.32 Å². The Balaban J connectivity index is 1.48. The van der Waals surface area contributed by atoms with Crippen LogP contribution in [0.2, 0.25) is 0 Å². The molecule has 126 valence electrons. The zero-order chi connectivity index (χ0) is 16.8. The summed E-state index contributed by atoms with van der Waals surface area (Å²) >= 11 is 0. The summed E-state index contributed by atoms with van der Waals surface area (Å²) in [5.74, 6) is 0.782. The second-order valence-electron chi connectivity index (χ2n) is 6.73. The Labute approximate surface area is 144 Å². The monoisotopic (exact) mass is 322 g/mol. The van der Waals surface area contributed by atoms with E-state index in [1.54, 1.807) is 0 Å². The first-order chi connectivity index (χ1) is 11.7. The van der Waals surface area contributed by atoms with E-state index < -0.39 is 0 Å². The van der Waals surface area contributed by atoms with E-state index in [9.17, 15) is 4.79 Å². The Kier molecular flexibility index (Phi) is 5.65. The SMILES string of the molecule is CN1CCC(CCNC(=O)c2ccc(-c3ccccc3)cc2)CC1. The van der Waals surface area contributed by atoms with Gasteiger partial charge in [-0.3, -0.25) is 4.79 Å². The molecule has 1 aliphatic rings. The molecular formula is C21H26N2O. The fourth-order valence-electron chi connectivity index (χ4n) is 3.29. The molecule has 0 spiro atoms. The van der Waals surface area contributed by atoms with Crippen molar-refractivity contribution in [1.82, 2.24) is 10.2 Å². The summed E-state index contributed by atoms with van der Waals surface area (Å²) in [6.45, 7) is 3.13. The lowest BCUT2D eigenvalue weighted by Crippen LogP contribution is -2.32. The normalized spacial score (nSPS) is 16.0. The van der Waals surface area contributed by atoms with Gasteiger partial charge in [-0.1, -0.05) is 42.5 Å². The average molecular weight is 322 g/mol. The first-order valence-corrected chi connectivity index (χ1v) is 8.84. The van der Waals surface area contributed by atoms with E-state index >= 15 is 0 Å². The molecule has 24 heavy (non-hydrogen) atoms. The Morgan fingerprint density at radius 3 is 2.29 bits per heavy atom. The van der Waals surface area contributed by atoms with Crippen molar-refractivity contribution in [3.05, 3.63) is 60.2 Å². The van der Waals surface area contributed by atoms with Crippen LogP contribution in [0.25, 0.3) is 11.1 Å². The minimum atomic E-state index is 0.0301. The van der Waals surface area contributed by atoms with Crippen molar-refractivity contribution in [1.29, 1.82) is 0 Å². The highest BCUT2D eigenvalue weighted by Gasteiger charge is 2.16. The second kappa shape index (κ2) is 8.11. The molecule has 0 radical (unpaired) electrons. The van der Waals surface area contributed by atoms with Crippen LogP contribution in [0.3, 0.4) is 0 Å². The molecule has 3 heteroatoms. The zero-order valence-electron chi connectivity index (χ0n) is 14.4. The summed E-state index contributed by atoms with van der Waals surface area (Å²) in [6, 6.07) is 18.1. The van der Waals surface area contributed by atoms with Gasteiger partial charge < -0.3 is 10.2 Å². The smallest absolute Gasteiger partial charge is 0.251 e. The standard InChI is InChI=1S/C21H26N2O/c1-23-15-12-17(13-16-23)11-14-22-21(24)20-9-7-19(8-10-20)18-5-3-2-4-6-18/h2-10,17H,11-16H2,1H3,(H,22,24). The third-order valence-corrected chi connectivity index (χ3v) is 4.93. The number of hydrogen-bond donors (Lipinski definition) is 1. The molecule has 1 N–H and O–H groups in total. The number of carbonyl (C=O) groups is 1. The van der Waals surface area contributed by atoms with Crippen LogP contribution in [0.1, 0.15) is 29.6 Å². The Hall–Kier alpha value is -2.13. The van der Waals surface area contributed by atoms with Crippen LogP contribution in [0.15, 0.2) is 54.6 Å². The number of hydrogen-bond acceptors (Lipinski definition) is 2. The van der Waals surface area contributed by atoms with Gasteiger partial charge in [0.25, 0.3) is 5.91 Å². The summed E-state index contributed by atoms with van der Waals surface area (Å²) < 4.78 is 0. The molecule has 1 amide bonds. The summed E-state index contributed by atoms with van der Waals surface area (Å²) in [5, 5.41) is 3.06. The van der Waals surface area contributed by atoms with Crippen molar-refractivity contribution in [2.75, 3.05) is 26.7 Å². The lowest BCUT2D eigenvalue weighted by atomic mass is 9.94. The third-order valence-electron chi connectivity index (χ3n) is 4.93. The molecule has 1 saturated heterocycles. The van der Waals surface area contributed by atoms with E-state index in [0.29, 0.717) is 0 Å². The molecule has 0 aromatic heterocycles. The lowest BCUT2D eigenvalue weighted by Gasteiger charge is -2.28. The molecule has 0 unspecified atom stereocenters. The minimum Gasteiger partial charge on any atom is -0.352 e. The van der Waals surface area contributed by atoms with Crippen LogP contribution in [0.4, 0.5) is 0 Å². The van der Waals surface area contributed by atoms with Crippen LogP contribution >= 0.6 is 0 Å². The average Bonchev–Trinajstić information content (AvgIpc) is 2.64. The van der Waals surface area contributed by atoms with Gasteiger partial charge in [0.1, 0.15) is 0 Å². The number of likely N-dealkylation sites (tertiary alicyclic amines) is 1. The molecule has 3 rings (SSSR count). The molecule has 0 saturated carbocycles. The summed E-state index contributed by atoms with van der Waals surface area (Å²) in [6.07, 6.45) is 3.58. The largest absolute Gasteiger partial charge is 0.352 e. The molecule has 3 nitrogen and oxygen atoms in total. The number of benzene rings is 2. The highest BCUT2D eigenvalue weighted by molar-refractivity contribution is 5.94. The van der Waals surface area contributed by atoms with Crippen molar-refractivity contribution in [3.63, 3.8) is 0 Å². The molecular weight excluding hydrogens is 296 g/mol. The maximum absolute atomic E-state index is 12.3. The van der Waals surface area contributed by atoms with E-state index in [4.69, 9.17) is 0 Å². The van der Waals surface area contributed by atoms with E-state index in [1.807, 2.05) is 42.5 Å². The highest BCUT2D eigenvalue weighted by Crippen LogP contribution is 2.20. The molecule has 1 heterocycles. The van der Waals surface area contributed by atoms with Crippen molar-refractivity contribution < 1.29 is 4.79 Å². The van der Waals surface area contributed by atoms with Crippen molar-refractivity contribution in [3.8, 4) is 11.1 Å². The molecule has 0 bridgehead atoms. The van der Waals surface area contributed by atoms with Gasteiger partial charge in [-0.15, -0.1) is 0 Å². The van der Waals surface area contributed by atoms with Crippen molar-refractivity contribution in [2.45, 2.75) is 19.3 Å². The molecule has 0 atom stereocenters. The predicted molar refractivity (Wildman–Crippen MR) is 99.0 cm³/mol. The van der Waals surface area contributed by atoms with Gasteiger partial charge in [-0.05, 0) is 68.6 Å². The molecule has 1 aliphatic heterocycles. The topological polar surface area (TPSA) is 32.3 Å². The van der Waals surface area contributed by atoms with Gasteiger partial charge in [0.2, 0.25) is 0 Å². The maximum Gasteiger partial charge on any atom is 0.251 e.